The number of fused-ring (bicyclic) bond motifs is 1. The number of benzene rings is 1. The van der Waals surface area contributed by atoms with Gasteiger partial charge in [-0.15, -0.1) is 0 Å². The van der Waals surface area contributed by atoms with Crippen LogP contribution in [-0.2, 0) is 20.9 Å². The molecule has 1 heterocycles. The largest absolute Gasteiger partial charge is 0.462 e. The summed E-state index contributed by atoms with van der Waals surface area (Å²) in [4.78, 5) is 28.2. The molecule has 0 atom stereocenters. The summed E-state index contributed by atoms with van der Waals surface area (Å²) in [6, 6.07) is 5.46. The van der Waals surface area contributed by atoms with Crippen LogP contribution in [0, 0.1) is 6.92 Å². The molecule has 6 heteroatoms. The Kier molecular flexibility index (Phi) is 3.50. The van der Waals surface area contributed by atoms with E-state index >= 15 is 0 Å². The fraction of sp³-hybridized carbons (Fsp3) is 0.308. The molecule has 100 valence electrons. The van der Waals surface area contributed by atoms with Gasteiger partial charge in [0, 0.05) is 20.5 Å². The van der Waals surface area contributed by atoms with Crippen molar-refractivity contribution in [3.8, 4) is 0 Å². The Labute approximate surface area is 110 Å². The number of aryl methyl sites for hydroxylation is 1. The molecule has 2 rings (SSSR count). The quantitative estimate of drug-likeness (QED) is 0.602. The normalized spacial score (nSPS) is 10.5. The van der Waals surface area contributed by atoms with Gasteiger partial charge in [0.2, 0.25) is 0 Å². The van der Waals surface area contributed by atoms with Crippen LogP contribution in [0.5, 0.6) is 0 Å². The lowest BCUT2D eigenvalue weighted by Crippen LogP contribution is -2.33. The number of rotatable bonds is 2. The number of carbonyl (C=O) groups is 2. The molecule has 0 aliphatic carbocycles. The summed E-state index contributed by atoms with van der Waals surface area (Å²) in [5, 5.41) is 0. The summed E-state index contributed by atoms with van der Waals surface area (Å²) in [7, 11) is 2.71. The van der Waals surface area contributed by atoms with Gasteiger partial charge in [-0.2, -0.15) is 0 Å². The third-order valence-electron chi connectivity index (χ3n) is 2.69. The van der Waals surface area contributed by atoms with Crippen LogP contribution in [0.15, 0.2) is 22.6 Å². The van der Waals surface area contributed by atoms with E-state index in [1.165, 1.54) is 19.1 Å². The number of aromatic nitrogens is 1. The Morgan fingerprint density at radius 3 is 2.84 bits per heavy atom. The van der Waals surface area contributed by atoms with Crippen LogP contribution in [0.2, 0.25) is 0 Å². The van der Waals surface area contributed by atoms with Gasteiger partial charge in [-0.1, -0.05) is 6.07 Å². The molecule has 0 spiro atoms. The van der Waals surface area contributed by atoms with Gasteiger partial charge in [-0.25, -0.2) is 9.78 Å². The number of hydrogen-bond donors (Lipinski definition) is 0. The van der Waals surface area contributed by atoms with Crippen LogP contribution in [0.1, 0.15) is 11.5 Å². The highest BCUT2D eigenvalue weighted by Crippen LogP contribution is 2.17. The van der Waals surface area contributed by atoms with E-state index in [0.29, 0.717) is 18.0 Å². The highest BCUT2D eigenvalue weighted by atomic mass is 16.5. The molecule has 6 nitrogen and oxygen atoms in total. The second-order valence-electron chi connectivity index (χ2n) is 4.19. The Morgan fingerprint density at radius 2 is 2.16 bits per heavy atom. The Balaban J connectivity index is 2.16. The van der Waals surface area contributed by atoms with Crippen molar-refractivity contribution >= 4 is 23.0 Å². The number of amides is 1. The highest BCUT2D eigenvalue weighted by Gasteiger charge is 2.19. The predicted molar refractivity (Wildman–Crippen MR) is 67.2 cm³/mol. The summed E-state index contributed by atoms with van der Waals surface area (Å²) in [5.74, 6) is -0.971. The van der Waals surface area contributed by atoms with Crippen LogP contribution in [0.3, 0.4) is 0 Å². The molecule has 0 saturated carbocycles. The van der Waals surface area contributed by atoms with Gasteiger partial charge in [-0.3, -0.25) is 4.79 Å². The second-order valence-corrected chi connectivity index (χ2v) is 4.19. The third kappa shape index (κ3) is 2.73. The summed E-state index contributed by atoms with van der Waals surface area (Å²) in [6.45, 7) is 2.07. The molecule has 0 fully saturated rings. The van der Waals surface area contributed by atoms with Crippen molar-refractivity contribution in [3.05, 3.63) is 29.7 Å². The number of esters is 1. The molecule has 0 bridgehead atoms. The molecule has 0 N–H and O–H groups in total. The molecule has 1 amide bonds. The average Bonchev–Trinajstić information content (AvgIpc) is 2.76. The zero-order valence-electron chi connectivity index (χ0n) is 11.0. The first-order valence-electron chi connectivity index (χ1n) is 5.70. The number of carbonyl (C=O) groups excluding carboxylic acids is 2. The maximum atomic E-state index is 11.6. The molecular formula is C13H14N2O4. The minimum Gasteiger partial charge on any atom is -0.462 e. The molecule has 0 aliphatic rings. The fourth-order valence-electron chi connectivity index (χ4n) is 1.77. The van der Waals surface area contributed by atoms with Gasteiger partial charge < -0.3 is 14.1 Å². The van der Waals surface area contributed by atoms with Gasteiger partial charge in [0.1, 0.15) is 5.52 Å². The van der Waals surface area contributed by atoms with Crippen LogP contribution >= 0.6 is 0 Å². The zero-order valence-corrected chi connectivity index (χ0v) is 11.0. The Bertz CT molecular complexity index is 633. The first-order valence-corrected chi connectivity index (χ1v) is 5.70. The van der Waals surface area contributed by atoms with Crippen LogP contribution in [-0.4, -0.2) is 35.9 Å². The van der Waals surface area contributed by atoms with Crippen LogP contribution < -0.4 is 0 Å². The van der Waals surface area contributed by atoms with E-state index < -0.39 is 11.9 Å². The number of oxazole rings is 1. The first kappa shape index (κ1) is 13.1. The third-order valence-corrected chi connectivity index (χ3v) is 2.69. The second kappa shape index (κ2) is 5.09. The average molecular weight is 262 g/mol. The lowest BCUT2D eigenvalue weighted by molar-refractivity contribution is -0.157. The van der Waals surface area contributed by atoms with Crippen molar-refractivity contribution in [2.45, 2.75) is 13.5 Å². The number of likely N-dealkylation sites (N-methyl/N-ethyl adjacent to an activating group) is 1. The molecule has 19 heavy (non-hydrogen) atoms. The number of ether oxygens (including phenoxy) is 1. The molecular weight excluding hydrogens is 248 g/mol. The lowest BCUT2D eigenvalue weighted by Gasteiger charge is -2.15. The summed E-state index contributed by atoms with van der Waals surface area (Å²) < 4.78 is 9.80. The van der Waals surface area contributed by atoms with E-state index in [0.717, 1.165) is 11.1 Å². The minimum atomic E-state index is -0.876. The monoisotopic (exact) mass is 262 g/mol. The summed E-state index contributed by atoms with van der Waals surface area (Å²) in [5.41, 5.74) is 2.28. The van der Waals surface area contributed by atoms with Gasteiger partial charge in [-0.05, 0) is 17.7 Å². The predicted octanol–water partition coefficient (Wildman–Crippen LogP) is 1.27. The number of nitrogens with zero attached hydrogens (tertiary/aromatic N) is 2. The fourth-order valence-corrected chi connectivity index (χ4v) is 1.77. The number of methoxy groups -OCH3 is 1. The Hall–Kier alpha value is -2.37. The molecule has 2 aromatic rings. The van der Waals surface area contributed by atoms with E-state index in [9.17, 15) is 9.59 Å². The van der Waals surface area contributed by atoms with Crippen molar-refractivity contribution in [1.82, 2.24) is 9.88 Å². The van der Waals surface area contributed by atoms with Crippen molar-refractivity contribution in [2.75, 3.05) is 14.2 Å². The SMILES string of the molecule is COC(=O)C(=O)N(C)Cc1ccc2nc(C)oc2c1. The maximum Gasteiger partial charge on any atom is 0.396 e. The van der Waals surface area contributed by atoms with Gasteiger partial charge >= 0.3 is 11.9 Å². The topological polar surface area (TPSA) is 72.6 Å². The minimum absolute atomic E-state index is 0.295. The smallest absolute Gasteiger partial charge is 0.396 e. The van der Waals surface area contributed by atoms with Crippen LogP contribution in [0.4, 0.5) is 0 Å². The molecule has 0 unspecified atom stereocenters. The highest BCUT2D eigenvalue weighted by molar-refractivity contribution is 6.32. The van der Waals surface area contributed by atoms with Gasteiger partial charge in [0.15, 0.2) is 11.5 Å². The number of hydrogen-bond acceptors (Lipinski definition) is 5. The molecule has 1 aromatic carbocycles. The standard InChI is InChI=1S/C13H14N2O4/c1-8-14-10-5-4-9(6-11(10)19-8)7-15(2)12(16)13(17)18-3/h4-6H,7H2,1-3H3. The molecule has 0 radical (unpaired) electrons. The zero-order chi connectivity index (χ0) is 14.0. The maximum absolute atomic E-state index is 11.6. The van der Waals surface area contributed by atoms with Crippen molar-refractivity contribution in [1.29, 1.82) is 0 Å². The van der Waals surface area contributed by atoms with Crippen LogP contribution in [0.25, 0.3) is 11.1 Å². The van der Waals surface area contributed by atoms with E-state index in [1.807, 2.05) is 12.1 Å². The Morgan fingerprint density at radius 1 is 1.42 bits per heavy atom. The van der Waals surface area contributed by atoms with E-state index in [4.69, 9.17) is 4.42 Å². The van der Waals surface area contributed by atoms with E-state index in [1.54, 1.807) is 13.0 Å². The van der Waals surface area contributed by atoms with Crippen molar-refractivity contribution in [3.63, 3.8) is 0 Å². The summed E-state index contributed by atoms with van der Waals surface area (Å²) >= 11 is 0. The summed E-state index contributed by atoms with van der Waals surface area (Å²) in [6.07, 6.45) is 0. The van der Waals surface area contributed by atoms with Crippen molar-refractivity contribution < 1.29 is 18.7 Å². The molecule has 1 aromatic heterocycles. The van der Waals surface area contributed by atoms with E-state index in [2.05, 4.69) is 9.72 Å². The van der Waals surface area contributed by atoms with Gasteiger partial charge in [0.25, 0.3) is 0 Å². The lowest BCUT2D eigenvalue weighted by atomic mass is 10.2. The molecule has 0 saturated heterocycles. The van der Waals surface area contributed by atoms with Crippen molar-refractivity contribution in [2.24, 2.45) is 0 Å². The van der Waals surface area contributed by atoms with Gasteiger partial charge in [0.05, 0.1) is 7.11 Å². The van der Waals surface area contributed by atoms with E-state index in [-0.39, 0.29) is 0 Å². The molecule has 0 aliphatic heterocycles. The first-order chi connectivity index (χ1) is 9.01.